The van der Waals surface area contributed by atoms with E-state index in [0.29, 0.717) is 13.0 Å². The maximum atomic E-state index is 13.0. The van der Waals surface area contributed by atoms with Gasteiger partial charge >= 0.3 is 0 Å². The van der Waals surface area contributed by atoms with Crippen LogP contribution in [0.2, 0.25) is 0 Å². The predicted octanol–water partition coefficient (Wildman–Crippen LogP) is -0.835. The van der Waals surface area contributed by atoms with Crippen LogP contribution in [0.5, 0.6) is 0 Å². The molecule has 25 heavy (non-hydrogen) atoms. The molecule has 1 fully saturated rings. The van der Waals surface area contributed by atoms with E-state index in [4.69, 9.17) is 0 Å². The van der Waals surface area contributed by atoms with E-state index >= 15 is 0 Å². The molecule has 0 aliphatic carbocycles. The molecule has 1 aromatic carbocycles. The zero-order chi connectivity index (χ0) is 16.9. The molecule has 0 N–H and O–H groups in total. The van der Waals surface area contributed by atoms with Crippen LogP contribution < -0.4 is 26.4 Å². The van der Waals surface area contributed by atoms with Crippen molar-refractivity contribution in [2.24, 2.45) is 0 Å². The minimum atomic E-state index is -0.221. The molecule has 1 aromatic heterocycles. The summed E-state index contributed by atoms with van der Waals surface area (Å²) < 4.78 is 15.0. The highest BCUT2D eigenvalue weighted by atomic mass is 79.9. The first kappa shape index (κ1) is 19.4. The highest BCUT2D eigenvalue weighted by Crippen LogP contribution is 2.17. The molecule has 134 valence electrons. The fourth-order valence-corrected chi connectivity index (χ4v) is 2.93. The van der Waals surface area contributed by atoms with Gasteiger partial charge in [-0.3, -0.25) is 4.79 Å². The van der Waals surface area contributed by atoms with Crippen molar-refractivity contribution in [2.75, 3.05) is 31.1 Å². The molecule has 1 saturated heterocycles. The molecular weight excluding hydrogens is 385 g/mol. The summed E-state index contributed by atoms with van der Waals surface area (Å²) in [6.07, 6.45) is 4.54. The highest BCUT2D eigenvalue weighted by molar-refractivity contribution is 5.76. The number of aromatic nitrogens is 1. The van der Waals surface area contributed by atoms with E-state index in [1.165, 1.54) is 17.7 Å². The Labute approximate surface area is 158 Å². The lowest BCUT2D eigenvalue weighted by Crippen LogP contribution is -3.00. The molecule has 6 heteroatoms. The van der Waals surface area contributed by atoms with Crippen molar-refractivity contribution >= 4 is 11.6 Å². The van der Waals surface area contributed by atoms with Gasteiger partial charge in [0.2, 0.25) is 5.91 Å². The summed E-state index contributed by atoms with van der Waals surface area (Å²) in [5.74, 6) is -0.0250. The summed E-state index contributed by atoms with van der Waals surface area (Å²) in [5, 5.41) is 0. The van der Waals surface area contributed by atoms with Crippen LogP contribution >= 0.6 is 0 Å². The SMILES string of the molecule is Cc1cc[n+](CCC(=O)N2CCN(c3ccc(F)cc3)CC2)cc1.[Br-]. The fourth-order valence-electron chi connectivity index (χ4n) is 2.93. The maximum absolute atomic E-state index is 13.0. The topological polar surface area (TPSA) is 27.4 Å². The Balaban J connectivity index is 0.00000225. The third-order valence-corrected chi connectivity index (χ3v) is 4.47. The number of anilines is 1. The first-order chi connectivity index (χ1) is 11.6. The Hall–Kier alpha value is -1.95. The molecule has 0 unspecified atom stereocenters. The van der Waals surface area contributed by atoms with Crippen LogP contribution in [-0.2, 0) is 11.3 Å². The van der Waals surface area contributed by atoms with Gasteiger partial charge < -0.3 is 26.8 Å². The number of rotatable bonds is 4. The van der Waals surface area contributed by atoms with Crippen LogP contribution in [0.25, 0.3) is 0 Å². The first-order valence-electron chi connectivity index (χ1n) is 8.36. The van der Waals surface area contributed by atoms with Crippen molar-refractivity contribution < 1.29 is 30.7 Å². The van der Waals surface area contributed by atoms with Crippen LogP contribution in [0.4, 0.5) is 10.1 Å². The summed E-state index contributed by atoms with van der Waals surface area (Å²) >= 11 is 0. The van der Waals surface area contributed by atoms with Gasteiger partial charge in [0.25, 0.3) is 0 Å². The Morgan fingerprint density at radius 3 is 2.24 bits per heavy atom. The molecule has 3 rings (SSSR count). The molecule has 0 spiro atoms. The predicted molar refractivity (Wildman–Crippen MR) is 91.2 cm³/mol. The van der Waals surface area contributed by atoms with Crippen molar-refractivity contribution in [1.82, 2.24) is 4.90 Å². The number of nitrogens with zero attached hydrogens (tertiary/aromatic N) is 3. The number of hydrogen-bond acceptors (Lipinski definition) is 2. The average molecular weight is 408 g/mol. The molecule has 2 heterocycles. The van der Waals surface area contributed by atoms with Crippen LogP contribution in [0.15, 0.2) is 48.8 Å². The summed E-state index contributed by atoms with van der Waals surface area (Å²) in [6.45, 7) is 5.76. The summed E-state index contributed by atoms with van der Waals surface area (Å²) in [4.78, 5) is 16.5. The van der Waals surface area contributed by atoms with E-state index < -0.39 is 0 Å². The molecule has 0 bridgehead atoms. The Morgan fingerprint density at radius 1 is 1.04 bits per heavy atom. The minimum Gasteiger partial charge on any atom is -1.00 e. The third kappa shape index (κ3) is 5.26. The van der Waals surface area contributed by atoms with E-state index in [9.17, 15) is 9.18 Å². The summed E-state index contributed by atoms with van der Waals surface area (Å²) in [5.41, 5.74) is 2.23. The van der Waals surface area contributed by atoms with Gasteiger partial charge in [-0.05, 0) is 36.8 Å². The summed E-state index contributed by atoms with van der Waals surface area (Å²) in [7, 11) is 0. The average Bonchev–Trinajstić information content (AvgIpc) is 2.62. The quantitative estimate of drug-likeness (QED) is 0.618. The minimum absolute atomic E-state index is 0. The van der Waals surface area contributed by atoms with Gasteiger partial charge in [0.15, 0.2) is 18.9 Å². The van der Waals surface area contributed by atoms with Gasteiger partial charge in [-0.15, -0.1) is 0 Å². The summed E-state index contributed by atoms with van der Waals surface area (Å²) in [6, 6.07) is 10.6. The number of aryl methyl sites for hydroxylation is 2. The normalized spacial score (nSPS) is 14.2. The number of amides is 1. The van der Waals surface area contributed by atoms with Crippen molar-refractivity contribution in [3.63, 3.8) is 0 Å². The fraction of sp³-hybridized carbons (Fsp3) is 0.368. The van der Waals surface area contributed by atoms with E-state index in [2.05, 4.69) is 11.8 Å². The zero-order valence-electron chi connectivity index (χ0n) is 14.4. The number of hydrogen-bond donors (Lipinski definition) is 0. The van der Waals surface area contributed by atoms with Crippen LogP contribution in [0.1, 0.15) is 12.0 Å². The van der Waals surface area contributed by atoms with Gasteiger partial charge in [0, 0.05) is 44.0 Å². The second kappa shape index (κ2) is 8.94. The molecule has 2 aromatic rings. The molecule has 0 radical (unpaired) electrons. The number of carbonyl (C=O) groups excluding carboxylic acids is 1. The monoisotopic (exact) mass is 407 g/mol. The smallest absolute Gasteiger partial charge is 0.229 e. The number of carbonyl (C=O) groups is 1. The largest absolute Gasteiger partial charge is 1.00 e. The highest BCUT2D eigenvalue weighted by Gasteiger charge is 2.21. The van der Waals surface area contributed by atoms with E-state index in [1.807, 2.05) is 34.0 Å². The van der Waals surface area contributed by atoms with Crippen molar-refractivity contribution in [2.45, 2.75) is 19.9 Å². The van der Waals surface area contributed by atoms with Gasteiger partial charge in [0.1, 0.15) is 5.82 Å². The number of pyridine rings is 1. The Bertz CT molecular complexity index is 683. The zero-order valence-corrected chi connectivity index (χ0v) is 16.0. The molecule has 0 atom stereocenters. The lowest BCUT2D eigenvalue weighted by atomic mass is 10.2. The molecular formula is C19H23BrFN3O. The van der Waals surface area contributed by atoms with E-state index in [0.717, 1.165) is 31.9 Å². The molecule has 1 aliphatic rings. The molecule has 1 amide bonds. The molecule has 1 aliphatic heterocycles. The lowest BCUT2D eigenvalue weighted by Gasteiger charge is -2.36. The second-order valence-corrected chi connectivity index (χ2v) is 6.21. The second-order valence-electron chi connectivity index (χ2n) is 6.21. The van der Waals surface area contributed by atoms with Crippen LogP contribution in [0, 0.1) is 12.7 Å². The molecule has 0 saturated carbocycles. The lowest BCUT2D eigenvalue weighted by molar-refractivity contribution is -0.696. The van der Waals surface area contributed by atoms with E-state index in [-0.39, 0.29) is 28.7 Å². The molecule has 4 nitrogen and oxygen atoms in total. The maximum Gasteiger partial charge on any atom is 0.229 e. The first-order valence-corrected chi connectivity index (χ1v) is 8.36. The Kier molecular flexibility index (Phi) is 6.93. The number of halogens is 2. The number of benzene rings is 1. The van der Waals surface area contributed by atoms with Gasteiger partial charge in [0.05, 0.1) is 6.42 Å². The number of piperazine rings is 1. The van der Waals surface area contributed by atoms with Crippen LogP contribution in [0.3, 0.4) is 0 Å². The van der Waals surface area contributed by atoms with E-state index in [1.54, 1.807) is 12.1 Å². The van der Waals surface area contributed by atoms with Gasteiger partial charge in [-0.1, -0.05) is 0 Å². The van der Waals surface area contributed by atoms with Gasteiger partial charge in [-0.25, -0.2) is 8.96 Å². The van der Waals surface area contributed by atoms with Crippen LogP contribution in [-0.4, -0.2) is 37.0 Å². The van der Waals surface area contributed by atoms with Crippen molar-refractivity contribution in [1.29, 1.82) is 0 Å². The standard InChI is InChI=1S/C19H23FN3O.BrH/c1-16-6-9-21(10-7-16)11-8-19(24)23-14-12-22(13-15-23)18-4-2-17(20)3-5-18;/h2-7,9-10H,8,11-15H2,1H3;1H/q+1;/p-1. The van der Waals surface area contributed by atoms with Crippen molar-refractivity contribution in [3.8, 4) is 0 Å². The Morgan fingerprint density at radius 2 is 1.64 bits per heavy atom. The third-order valence-electron chi connectivity index (χ3n) is 4.47. The van der Waals surface area contributed by atoms with Gasteiger partial charge in [-0.2, -0.15) is 0 Å². The van der Waals surface area contributed by atoms with Crippen molar-refractivity contribution in [3.05, 3.63) is 60.2 Å².